The molecule has 0 aliphatic carbocycles. The van der Waals surface area contributed by atoms with Crippen LogP contribution < -0.4 is 11.1 Å². The molecule has 0 aromatic rings. The third-order valence-corrected chi connectivity index (χ3v) is 10.6. The molecule has 0 spiro atoms. The highest BCUT2D eigenvalue weighted by Gasteiger charge is 2.26. The van der Waals surface area contributed by atoms with Gasteiger partial charge in [0.25, 0.3) is 0 Å². The van der Waals surface area contributed by atoms with E-state index in [1.807, 2.05) is 6.08 Å². The highest BCUT2D eigenvalue weighted by Crippen LogP contribution is 2.43. The minimum absolute atomic E-state index is 0.0694. The first-order valence-electron chi connectivity index (χ1n) is 22.3. The Morgan fingerprint density at radius 2 is 0.981 bits per heavy atom. The molecule has 0 heterocycles. The van der Waals surface area contributed by atoms with Crippen molar-refractivity contribution in [2.24, 2.45) is 5.73 Å². The number of unbranched alkanes of at least 4 members (excludes halogenated alkanes) is 23. The van der Waals surface area contributed by atoms with E-state index in [0.29, 0.717) is 6.42 Å². The van der Waals surface area contributed by atoms with Crippen molar-refractivity contribution in [2.75, 3.05) is 19.8 Å². The number of aliphatic hydroxyl groups excluding tert-OH is 1. The van der Waals surface area contributed by atoms with E-state index in [-0.39, 0.29) is 25.7 Å². The minimum Gasteiger partial charge on any atom is -0.387 e. The van der Waals surface area contributed by atoms with Crippen LogP contribution in [0, 0.1) is 0 Å². The lowest BCUT2D eigenvalue weighted by Gasteiger charge is -2.23. The van der Waals surface area contributed by atoms with E-state index in [1.165, 1.54) is 116 Å². The number of hydrogen-bond acceptors (Lipinski definition) is 6. The normalized spacial score (nSPS) is 14.5. The van der Waals surface area contributed by atoms with Crippen molar-refractivity contribution in [3.8, 4) is 0 Å². The van der Waals surface area contributed by atoms with Gasteiger partial charge in [-0.05, 0) is 70.6 Å². The van der Waals surface area contributed by atoms with E-state index in [1.54, 1.807) is 6.08 Å². The van der Waals surface area contributed by atoms with Crippen LogP contribution in [-0.4, -0.2) is 47.8 Å². The third kappa shape index (κ3) is 38.7. The zero-order chi connectivity index (χ0) is 39.6. The Balaban J connectivity index is 4.30. The van der Waals surface area contributed by atoms with Crippen molar-refractivity contribution in [1.82, 2.24) is 5.32 Å². The van der Waals surface area contributed by atoms with Gasteiger partial charge in [-0.3, -0.25) is 13.8 Å². The maximum Gasteiger partial charge on any atom is 0.472 e. The largest absolute Gasteiger partial charge is 0.472 e. The number of allylic oxidation sites excluding steroid dienone is 7. The van der Waals surface area contributed by atoms with Crippen molar-refractivity contribution >= 4 is 13.7 Å². The quantitative estimate of drug-likeness (QED) is 0.0276. The molecule has 0 saturated carbocycles. The van der Waals surface area contributed by atoms with Crippen molar-refractivity contribution in [1.29, 1.82) is 0 Å². The van der Waals surface area contributed by atoms with Gasteiger partial charge in [0, 0.05) is 13.0 Å². The maximum atomic E-state index is 12.7. The van der Waals surface area contributed by atoms with Gasteiger partial charge >= 0.3 is 7.82 Å². The number of nitrogens with one attached hydrogen (secondary N) is 1. The summed E-state index contributed by atoms with van der Waals surface area (Å²) in [4.78, 5) is 22.7. The van der Waals surface area contributed by atoms with Crippen LogP contribution in [0.4, 0.5) is 0 Å². The number of amides is 1. The number of phosphoric acid groups is 1. The molecule has 0 bridgehead atoms. The SMILES string of the molecule is CCCCCCCC/C=C\CCCCCCCC(=O)NC(COP(=O)(O)OCCN)C(O)/C=C/CC/C=C/CC/C=C/CCCCCCCCCCCC. The zero-order valence-corrected chi connectivity index (χ0v) is 35.8. The van der Waals surface area contributed by atoms with Crippen molar-refractivity contribution in [3.63, 3.8) is 0 Å². The van der Waals surface area contributed by atoms with Gasteiger partial charge in [-0.2, -0.15) is 0 Å². The second-order valence-electron chi connectivity index (χ2n) is 14.9. The van der Waals surface area contributed by atoms with Crippen LogP contribution in [0.2, 0.25) is 0 Å². The molecule has 9 heteroatoms. The van der Waals surface area contributed by atoms with E-state index >= 15 is 0 Å². The van der Waals surface area contributed by atoms with E-state index < -0.39 is 20.0 Å². The Bertz CT molecular complexity index is 985. The van der Waals surface area contributed by atoms with Crippen LogP contribution in [0.1, 0.15) is 200 Å². The maximum absolute atomic E-state index is 12.7. The smallest absolute Gasteiger partial charge is 0.387 e. The van der Waals surface area contributed by atoms with Crippen LogP contribution in [0.15, 0.2) is 48.6 Å². The number of nitrogens with two attached hydrogens (primary N) is 1. The third-order valence-electron chi connectivity index (χ3n) is 9.60. The number of rotatable bonds is 41. The van der Waals surface area contributed by atoms with Crippen LogP contribution in [0.25, 0.3) is 0 Å². The molecule has 0 aromatic heterocycles. The lowest BCUT2D eigenvalue weighted by atomic mass is 10.1. The number of aliphatic hydroxyl groups is 1. The molecule has 0 aliphatic heterocycles. The summed E-state index contributed by atoms with van der Waals surface area (Å²) < 4.78 is 22.1. The molecule has 3 atom stereocenters. The Morgan fingerprint density at radius 3 is 1.43 bits per heavy atom. The molecule has 0 saturated heterocycles. The molecular formula is C45H85N2O6P. The van der Waals surface area contributed by atoms with Gasteiger partial charge in [0.15, 0.2) is 0 Å². The Kier molecular flexibility index (Phi) is 39.9. The average Bonchev–Trinajstić information content (AvgIpc) is 3.16. The highest BCUT2D eigenvalue weighted by molar-refractivity contribution is 7.47. The molecule has 0 aliphatic rings. The standard InChI is InChI=1S/C45H85N2O6P/c1-3-5-7-9-11-13-15-17-19-20-21-22-23-25-26-28-30-32-34-36-38-44(48)43(42-53-54(50,51)52-41-40-46)47-45(49)39-37-35-33-31-29-27-24-18-16-14-12-10-8-6-4-2/h18,22-24,28,30,36,38,43-44,48H,3-17,19-21,25-27,29,31-35,37,39-42,46H2,1-2H3,(H,47,49)(H,50,51)/b23-22+,24-18-,30-28+,38-36+. The monoisotopic (exact) mass is 781 g/mol. The molecule has 316 valence electrons. The van der Waals surface area contributed by atoms with Crippen LogP contribution in [0.3, 0.4) is 0 Å². The second kappa shape index (κ2) is 41.1. The Hall–Kier alpha value is -1.54. The minimum atomic E-state index is -4.35. The molecule has 0 rings (SSSR count). The Morgan fingerprint density at radius 1 is 0.593 bits per heavy atom. The van der Waals surface area contributed by atoms with E-state index in [2.05, 4.69) is 55.6 Å². The average molecular weight is 781 g/mol. The number of hydrogen-bond donors (Lipinski definition) is 4. The van der Waals surface area contributed by atoms with Gasteiger partial charge in [0.1, 0.15) is 0 Å². The fourth-order valence-corrected chi connectivity index (χ4v) is 6.98. The summed E-state index contributed by atoms with van der Waals surface area (Å²) in [5, 5.41) is 13.6. The van der Waals surface area contributed by atoms with Gasteiger partial charge in [-0.1, -0.05) is 172 Å². The van der Waals surface area contributed by atoms with Crippen molar-refractivity contribution in [2.45, 2.75) is 212 Å². The van der Waals surface area contributed by atoms with Crippen molar-refractivity contribution < 1.29 is 28.4 Å². The summed E-state index contributed by atoms with van der Waals surface area (Å²) in [7, 11) is -4.35. The topological polar surface area (TPSA) is 131 Å². The Labute approximate surface area is 332 Å². The number of carbonyl (C=O) groups excluding carboxylic acids is 1. The summed E-state index contributed by atoms with van der Waals surface area (Å²) in [6, 6.07) is -0.888. The summed E-state index contributed by atoms with van der Waals surface area (Å²) in [5.74, 6) is -0.218. The predicted molar refractivity (Wildman–Crippen MR) is 231 cm³/mol. The van der Waals surface area contributed by atoms with Gasteiger partial charge in [-0.15, -0.1) is 0 Å². The summed E-state index contributed by atoms with van der Waals surface area (Å²) in [5.41, 5.74) is 5.37. The lowest BCUT2D eigenvalue weighted by molar-refractivity contribution is -0.123. The van der Waals surface area contributed by atoms with Crippen LogP contribution in [-0.2, 0) is 18.4 Å². The van der Waals surface area contributed by atoms with Crippen LogP contribution in [0.5, 0.6) is 0 Å². The summed E-state index contributed by atoms with van der Waals surface area (Å²) in [6.45, 7) is 4.09. The molecule has 54 heavy (non-hydrogen) atoms. The second-order valence-corrected chi connectivity index (χ2v) is 16.3. The van der Waals surface area contributed by atoms with Gasteiger partial charge < -0.3 is 21.1 Å². The first-order chi connectivity index (χ1) is 26.4. The molecule has 3 unspecified atom stereocenters. The summed E-state index contributed by atoms with van der Waals surface area (Å²) in [6.07, 6.45) is 50.2. The van der Waals surface area contributed by atoms with Gasteiger partial charge in [0.2, 0.25) is 5.91 Å². The molecular weight excluding hydrogens is 695 g/mol. The lowest BCUT2D eigenvalue weighted by Crippen LogP contribution is -2.45. The molecule has 0 aromatic carbocycles. The molecule has 8 nitrogen and oxygen atoms in total. The molecule has 5 N–H and O–H groups in total. The van der Waals surface area contributed by atoms with Crippen molar-refractivity contribution in [3.05, 3.63) is 48.6 Å². The van der Waals surface area contributed by atoms with Gasteiger partial charge in [0.05, 0.1) is 25.4 Å². The first kappa shape index (κ1) is 52.5. The first-order valence-corrected chi connectivity index (χ1v) is 23.8. The van der Waals surface area contributed by atoms with E-state index in [4.69, 9.17) is 14.8 Å². The zero-order valence-electron chi connectivity index (χ0n) is 35.0. The molecule has 0 fully saturated rings. The van der Waals surface area contributed by atoms with Crippen LogP contribution >= 0.6 is 7.82 Å². The molecule has 1 amide bonds. The fraction of sp³-hybridized carbons (Fsp3) is 0.800. The number of phosphoric ester groups is 1. The molecule has 0 radical (unpaired) electrons. The fourth-order valence-electron chi connectivity index (χ4n) is 6.22. The predicted octanol–water partition coefficient (Wildman–Crippen LogP) is 12.5. The summed E-state index contributed by atoms with van der Waals surface area (Å²) >= 11 is 0. The van der Waals surface area contributed by atoms with Gasteiger partial charge in [-0.25, -0.2) is 4.57 Å². The highest BCUT2D eigenvalue weighted by atomic mass is 31.2. The van der Waals surface area contributed by atoms with E-state index in [0.717, 1.165) is 64.2 Å². The van der Waals surface area contributed by atoms with E-state index in [9.17, 15) is 19.4 Å². The number of carbonyl (C=O) groups is 1.